The van der Waals surface area contributed by atoms with E-state index >= 15 is 0 Å². The SMILES string of the molecule is CCC1CCN(CCNC(=O)OC(C)(C)C)CC1. The summed E-state index contributed by atoms with van der Waals surface area (Å²) in [6, 6.07) is 0. The predicted molar refractivity (Wildman–Crippen MR) is 73.7 cm³/mol. The number of ether oxygens (including phenoxy) is 1. The molecule has 0 saturated carbocycles. The predicted octanol–water partition coefficient (Wildman–Crippen LogP) is 2.63. The first-order chi connectivity index (χ1) is 8.40. The van der Waals surface area contributed by atoms with Gasteiger partial charge in [-0.1, -0.05) is 13.3 Å². The van der Waals surface area contributed by atoms with Crippen LogP contribution in [-0.4, -0.2) is 42.8 Å². The molecule has 1 rings (SSSR count). The van der Waals surface area contributed by atoms with Gasteiger partial charge in [-0.3, -0.25) is 0 Å². The summed E-state index contributed by atoms with van der Waals surface area (Å²) >= 11 is 0. The van der Waals surface area contributed by atoms with Crippen molar-refractivity contribution < 1.29 is 9.53 Å². The molecule has 1 fully saturated rings. The van der Waals surface area contributed by atoms with E-state index in [2.05, 4.69) is 17.1 Å². The highest BCUT2D eigenvalue weighted by molar-refractivity contribution is 5.67. The molecule has 1 N–H and O–H groups in total. The van der Waals surface area contributed by atoms with Gasteiger partial charge in [-0.2, -0.15) is 0 Å². The molecule has 0 atom stereocenters. The van der Waals surface area contributed by atoms with Crippen LogP contribution >= 0.6 is 0 Å². The Labute approximate surface area is 111 Å². The van der Waals surface area contributed by atoms with E-state index in [1.165, 1.54) is 19.3 Å². The second kappa shape index (κ2) is 6.98. The number of nitrogens with zero attached hydrogens (tertiary/aromatic N) is 1. The molecule has 1 saturated heterocycles. The highest BCUT2D eigenvalue weighted by Crippen LogP contribution is 2.19. The molecule has 1 aliphatic rings. The summed E-state index contributed by atoms with van der Waals surface area (Å²) in [5, 5.41) is 2.81. The van der Waals surface area contributed by atoms with Crippen molar-refractivity contribution in [1.29, 1.82) is 0 Å². The Morgan fingerprint density at radius 3 is 2.44 bits per heavy atom. The molecule has 0 aliphatic carbocycles. The van der Waals surface area contributed by atoms with Crippen molar-refractivity contribution in [2.75, 3.05) is 26.2 Å². The van der Waals surface area contributed by atoms with Gasteiger partial charge in [0.25, 0.3) is 0 Å². The zero-order chi connectivity index (χ0) is 13.6. The molecule has 0 unspecified atom stereocenters. The Morgan fingerprint density at radius 2 is 1.94 bits per heavy atom. The largest absolute Gasteiger partial charge is 0.444 e. The van der Waals surface area contributed by atoms with Crippen molar-refractivity contribution in [3.63, 3.8) is 0 Å². The van der Waals surface area contributed by atoms with Crippen LogP contribution in [0, 0.1) is 5.92 Å². The van der Waals surface area contributed by atoms with Crippen LogP contribution in [0.1, 0.15) is 47.0 Å². The summed E-state index contributed by atoms with van der Waals surface area (Å²) in [6.45, 7) is 11.8. The van der Waals surface area contributed by atoms with E-state index in [0.29, 0.717) is 6.54 Å². The van der Waals surface area contributed by atoms with E-state index in [0.717, 1.165) is 25.6 Å². The average molecular weight is 256 g/mol. The maximum Gasteiger partial charge on any atom is 0.407 e. The van der Waals surface area contributed by atoms with Gasteiger partial charge in [-0.15, -0.1) is 0 Å². The lowest BCUT2D eigenvalue weighted by atomic mass is 9.94. The molecule has 0 aromatic carbocycles. The number of likely N-dealkylation sites (tertiary alicyclic amines) is 1. The van der Waals surface area contributed by atoms with E-state index in [9.17, 15) is 4.79 Å². The topological polar surface area (TPSA) is 41.6 Å². The number of amides is 1. The van der Waals surface area contributed by atoms with E-state index in [4.69, 9.17) is 4.74 Å². The van der Waals surface area contributed by atoms with Gasteiger partial charge in [-0.25, -0.2) is 4.79 Å². The minimum Gasteiger partial charge on any atom is -0.444 e. The van der Waals surface area contributed by atoms with Crippen LogP contribution in [0.15, 0.2) is 0 Å². The summed E-state index contributed by atoms with van der Waals surface area (Å²) in [6.07, 6.45) is 3.57. The molecule has 0 bridgehead atoms. The first-order valence-electron chi connectivity index (χ1n) is 7.10. The normalized spacial score (nSPS) is 18.7. The molecular formula is C14H28N2O2. The van der Waals surface area contributed by atoms with Gasteiger partial charge in [-0.05, 0) is 52.6 Å². The Kier molecular flexibility index (Phi) is 5.93. The maximum absolute atomic E-state index is 11.4. The fourth-order valence-corrected chi connectivity index (χ4v) is 2.25. The number of rotatable bonds is 4. The molecule has 1 amide bonds. The van der Waals surface area contributed by atoms with E-state index in [1.807, 2.05) is 20.8 Å². The third-order valence-electron chi connectivity index (χ3n) is 3.38. The number of hydrogen-bond donors (Lipinski definition) is 1. The summed E-state index contributed by atoms with van der Waals surface area (Å²) in [5.41, 5.74) is -0.413. The van der Waals surface area contributed by atoms with Gasteiger partial charge in [0.1, 0.15) is 5.60 Å². The molecule has 0 aromatic rings. The zero-order valence-corrected chi connectivity index (χ0v) is 12.3. The van der Waals surface area contributed by atoms with Gasteiger partial charge < -0.3 is 15.0 Å². The lowest BCUT2D eigenvalue weighted by Gasteiger charge is -2.31. The Balaban J connectivity index is 2.10. The standard InChI is InChI=1S/C14H28N2O2/c1-5-12-6-9-16(10-7-12)11-8-15-13(17)18-14(2,3)4/h12H,5-11H2,1-4H3,(H,15,17). The van der Waals surface area contributed by atoms with Gasteiger partial charge in [0, 0.05) is 13.1 Å². The third-order valence-corrected chi connectivity index (χ3v) is 3.38. The van der Waals surface area contributed by atoms with E-state index in [1.54, 1.807) is 0 Å². The van der Waals surface area contributed by atoms with Crippen molar-refractivity contribution in [2.45, 2.75) is 52.6 Å². The van der Waals surface area contributed by atoms with Crippen LogP contribution in [0.4, 0.5) is 4.79 Å². The molecule has 4 heteroatoms. The lowest BCUT2D eigenvalue weighted by Crippen LogP contribution is -2.40. The van der Waals surface area contributed by atoms with Gasteiger partial charge in [0.2, 0.25) is 0 Å². The summed E-state index contributed by atoms with van der Waals surface area (Å²) in [4.78, 5) is 13.9. The van der Waals surface area contributed by atoms with Gasteiger partial charge >= 0.3 is 6.09 Å². The zero-order valence-electron chi connectivity index (χ0n) is 12.3. The molecular weight excluding hydrogens is 228 g/mol. The monoisotopic (exact) mass is 256 g/mol. The smallest absolute Gasteiger partial charge is 0.407 e. The van der Waals surface area contributed by atoms with Crippen LogP contribution < -0.4 is 5.32 Å². The van der Waals surface area contributed by atoms with Crippen LogP contribution in [-0.2, 0) is 4.74 Å². The highest BCUT2D eigenvalue weighted by Gasteiger charge is 2.18. The number of carbonyl (C=O) groups is 1. The fourth-order valence-electron chi connectivity index (χ4n) is 2.25. The number of piperidine rings is 1. The number of alkyl carbamates (subject to hydrolysis) is 1. The molecule has 1 heterocycles. The number of carbonyl (C=O) groups excluding carboxylic acids is 1. The van der Waals surface area contributed by atoms with E-state index in [-0.39, 0.29) is 6.09 Å². The Bertz CT molecular complexity index is 253. The second-order valence-electron chi connectivity index (χ2n) is 6.12. The molecule has 106 valence electrons. The minimum absolute atomic E-state index is 0.314. The van der Waals surface area contributed by atoms with Crippen LogP contribution in [0.3, 0.4) is 0 Å². The molecule has 18 heavy (non-hydrogen) atoms. The van der Waals surface area contributed by atoms with E-state index < -0.39 is 5.60 Å². The van der Waals surface area contributed by atoms with Crippen LogP contribution in [0.5, 0.6) is 0 Å². The fraction of sp³-hybridized carbons (Fsp3) is 0.929. The van der Waals surface area contributed by atoms with Crippen molar-refractivity contribution in [2.24, 2.45) is 5.92 Å². The maximum atomic E-state index is 11.4. The number of nitrogens with one attached hydrogen (secondary N) is 1. The second-order valence-corrected chi connectivity index (χ2v) is 6.12. The quantitative estimate of drug-likeness (QED) is 0.840. The molecule has 4 nitrogen and oxygen atoms in total. The Hall–Kier alpha value is -0.770. The molecule has 0 spiro atoms. The molecule has 0 radical (unpaired) electrons. The summed E-state index contributed by atoms with van der Waals surface area (Å²) < 4.78 is 5.19. The summed E-state index contributed by atoms with van der Waals surface area (Å²) in [5.74, 6) is 0.903. The summed E-state index contributed by atoms with van der Waals surface area (Å²) in [7, 11) is 0. The van der Waals surface area contributed by atoms with Crippen molar-refractivity contribution >= 4 is 6.09 Å². The molecule has 1 aliphatic heterocycles. The first-order valence-corrected chi connectivity index (χ1v) is 7.10. The first kappa shape index (κ1) is 15.3. The minimum atomic E-state index is -0.413. The van der Waals surface area contributed by atoms with Crippen molar-refractivity contribution in [3.8, 4) is 0 Å². The Morgan fingerprint density at radius 1 is 1.33 bits per heavy atom. The number of hydrogen-bond acceptors (Lipinski definition) is 3. The lowest BCUT2D eigenvalue weighted by molar-refractivity contribution is 0.0519. The van der Waals surface area contributed by atoms with Crippen molar-refractivity contribution in [3.05, 3.63) is 0 Å². The van der Waals surface area contributed by atoms with Crippen LogP contribution in [0.25, 0.3) is 0 Å². The van der Waals surface area contributed by atoms with Crippen molar-refractivity contribution in [1.82, 2.24) is 10.2 Å². The highest BCUT2D eigenvalue weighted by atomic mass is 16.6. The molecule has 0 aromatic heterocycles. The van der Waals surface area contributed by atoms with Gasteiger partial charge in [0.05, 0.1) is 0 Å². The van der Waals surface area contributed by atoms with Crippen LogP contribution in [0.2, 0.25) is 0 Å². The average Bonchev–Trinajstić information content (AvgIpc) is 2.27. The third kappa shape index (κ3) is 6.24. The van der Waals surface area contributed by atoms with Gasteiger partial charge in [0.15, 0.2) is 0 Å².